The number of amides is 1. The van der Waals surface area contributed by atoms with Crippen LogP contribution in [0.15, 0.2) is 30.5 Å². The van der Waals surface area contributed by atoms with Crippen molar-refractivity contribution in [2.75, 3.05) is 55.7 Å². The minimum atomic E-state index is -4.79. The number of aliphatic carboxylic acids is 1. The Labute approximate surface area is 246 Å². The Morgan fingerprint density at radius 2 is 1.83 bits per heavy atom. The zero-order valence-corrected chi connectivity index (χ0v) is 24.3. The van der Waals surface area contributed by atoms with Crippen molar-refractivity contribution in [3.05, 3.63) is 47.2 Å². The molecule has 0 atom stereocenters. The van der Waals surface area contributed by atoms with Crippen LogP contribution in [0.25, 0.3) is 0 Å². The Bertz CT molecular complexity index is 1420. The van der Waals surface area contributed by atoms with E-state index in [4.69, 9.17) is 27.3 Å². The van der Waals surface area contributed by atoms with Crippen LogP contribution in [0.3, 0.4) is 0 Å². The number of carbonyl (C=O) groups is 2. The fourth-order valence-corrected chi connectivity index (χ4v) is 5.61. The van der Waals surface area contributed by atoms with Crippen LogP contribution >= 0.6 is 12.2 Å². The number of rotatable bonds is 9. The van der Waals surface area contributed by atoms with Gasteiger partial charge in [0.2, 0.25) is 5.88 Å². The molecule has 1 aromatic carbocycles. The average Bonchev–Trinajstić information content (AvgIpc) is 3.11. The SMILES string of the molecule is CCc1cc(N2C(=S)N(c3ccc(C#N)c(C(F)(F)F)c3)C(=O)C2(C)C)cnc1OCCN1CCN(CC(=O)O)CC1. The number of benzene rings is 1. The van der Waals surface area contributed by atoms with Gasteiger partial charge in [0.25, 0.3) is 5.91 Å². The van der Waals surface area contributed by atoms with Gasteiger partial charge in [-0.15, -0.1) is 0 Å². The van der Waals surface area contributed by atoms with Crippen molar-refractivity contribution in [2.45, 2.75) is 38.9 Å². The largest absolute Gasteiger partial charge is 0.480 e. The van der Waals surface area contributed by atoms with Crippen molar-refractivity contribution >= 4 is 40.6 Å². The zero-order chi connectivity index (χ0) is 30.8. The van der Waals surface area contributed by atoms with E-state index >= 15 is 0 Å². The summed E-state index contributed by atoms with van der Waals surface area (Å²) in [6, 6.07) is 6.41. The summed E-state index contributed by atoms with van der Waals surface area (Å²) < 4.78 is 46.8. The van der Waals surface area contributed by atoms with Crippen molar-refractivity contribution in [1.82, 2.24) is 14.8 Å². The Morgan fingerprint density at radius 1 is 1.17 bits per heavy atom. The Balaban J connectivity index is 1.50. The lowest BCUT2D eigenvalue weighted by molar-refractivity contribution is -0.139. The Morgan fingerprint density at radius 3 is 2.43 bits per heavy atom. The third kappa shape index (κ3) is 6.33. The molecule has 2 saturated heterocycles. The second-order valence-corrected chi connectivity index (χ2v) is 10.9. The predicted molar refractivity (Wildman–Crippen MR) is 152 cm³/mol. The summed E-state index contributed by atoms with van der Waals surface area (Å²) >= 11 is 5.62. The fraction of sp³-hybridized carbons (Fsp3) is 0.464. The average molecular weight is 605 g/mol. The number of alkyl halides is 3. The van der Waals surface area contributed by atoms with Gasteiger partial charge in [-0.25, -0.2) is 4.98 Å². The van der Waals surface area contributed by atoms with Crippen LogP contribution in [0.2, 0.25) is 0 Å². The highest BCUT2D eigenvalue weighted by molar-refractivity contribution is 7.81. The molecular formula is C28H31F3N6O4S. The van der Waals surface area contributed by atoms with Crippen molar-refractivity contribution in [2.24, 2.45) is 0 Å². The molecule has 2 aliphatic rings. The van der Waals surface area contributed by atoms with Gasteiger partial charge in [-0.3, -0.25) is 24.3 Å². The van der Waals surface area contributed by atoms with Gasteiger partial charge < -0.3 is 14.7 Å². The van der Waals surface area contributed by atoms with E-state index < -0.39 is 34.7 Å². The van der Waals surface area contributed by atoms with Gasteiger partial charge >= 0.3 is 12.1 Å². The summed E-state index contributed by atoms with van der Waals surface area (Å²) in [7, 11) is 0. The number of aromatic nitrogens is 1. The molecule has 0 radical (unpaired) electrons. The molecule has 0 saturated carbocycles. The van der Waals surface area contributed by atoms with Gasteiger partial charge in [-0.05, 0) is 56.8 Å². The van der Waals surface area contributed by atoms with E-state index in [0.29, 0.717) is 44.2 Å². The number of carboxylic acid groups (broad SMARTS) is 1. The third-order valence-electron chi connectivity index (χ3n) is 7.38. The Hall–Kier alpha value is -3.80. The van der Waals surface area contributed by atoms with Crippen LogP contribution in [0, 0.1) is 11.3 Å². The predicted octanol–water partition coefficient (Wildman–Crippen LogP) is 3.53. The lowest BCUT2D eigenvalue weighted by atomic mass is 10.0. The van der Waals surface area contributed by atoms with Crippen molar-refractivity contribution in [1.29, 1.82) is 5.26 Å². The molecule has 224 valence electrons. The number of pyridine rings is 1. The number of anilines is 2. The number of carboxylic acids is 1. The first kappa shape index (κ1) is 31.1. The monoisotopic (exact) mass is 604 g/mol. The van der Waals surface area contributed by atoms with E-state index in [-0.39, 0.29) is 17.3 Å². The zero-order valence-electron chi connectivity index (χ0n) is 23.4. The number of halogens is 3. The van der Waals surface area contributed by atoms with Crippen molar-refractivity contribution in [3.63, 3.8) is 0 Å². The summed E-state index contributed by atoms with van der Waals surface area (Å²) in [5.74, 6) is -0.931. The first-order chi connectivity index (χ1) is 19.8. The highest BCUT2D eigenvalue weighted by Gasteiger charge is 2.51. The molecule has 0 aliphatic carbocycles. The van der Waals surface area contributed by atoms with Crippen LogP contribution < -0.4 is 14.5 Å². The lowest BCUT2D eigenvalue weighted by Gasteiger charge is -2.33. The molecule has 1 aromatic heterocycles. The minimum Gasteiger partial charge on any atom is -0.480 e. The maximum atomic E-state index is 13.6. The van der Waals surface area contributed by atoms with Gasteiger partial charge in [0, 0.05) is 38.3 Å². The number of piperazine rings is 1. The van der Waals surface area contributed by atoms with Crippen LogP contribution in [0.5, 0.6) is 5.88 Å². The quantitative estimate of drug-likeness (QED) is 0.427. The second-order valence-electron chi connectivity index (χ2n) is 10.5. The molecule has 1 amide bonds. The number of nitrogens with zero attached hydrogens (tertiary/aromatic N) is 6. The minimum absolute atomic E-state index is 0.0117. The second kappa shape index (κ2) is 12.2. The molecule has 2 fully saturated rings. The first-order valence-electron chi connectivity index (χ1n) is 13.4. The fourth-order valence-electron chi connectivity index (χ4n) is 5.08. The number of thiocarbonyl (C=S) groups is 1. The molecule has 3 heterocycles. The van der Waals surface area contributed by atoms with Gasteiger partial charge in [-0.2, -0.15) is 18.4 Å². The summed E-state index contributed by atoms with van der Waals surface area (Å²) in [5.41, 5.74) is -1.76. The molecule has 0 unspecified atom stereocenters. The van der Waals surface area contributed by atoms with E-state index in [1.165, 1.54) is 12.3 Å². The lowest BCUT2D eigenvalue weighted by Crippen LogP contribution is -2.48. The molecule has 2 aliphatic heterocycles. The van der Waals surface area contributed by atoms with Gasteiger partial charge in [0.1, 0.15) is 12.1 Å². The molecular weight excluding hydrogens is 573 g/mol. The van der Waals surface area contributed by atoms with Gasteiger partial charge in [-0.1, -0.05) is 6.92 Å². The van der Waals surface area contributed by atoms with Crippen LogP contribution in [0.4, 0.5) is 24.5 Å². The molecule has 10 nitrogen and oxygen atoms in total. The number of hydrogen-bond donors (Lipinski definition) is 1. The molecule has 42 heavy (non-hydrogen) atoms. The van der Waals surface area contributed by atoms with E-state index in [2.05, 4.69) is 9.88 Å². The number of aryl methyl sites for hydroxylation is 1. The normalized spacial score (nSPS) is 17.9. The van der Waals surface area contributed by atoms with E-state index in [9.17, 15) is 22.8 Å². The highest BCUT2D eigenvalue weighted by Crippen LogP contribution is 2.40. The summed E-state index contributed by atoms with van der Waals surface area (Å²) in [6.45, 7) is 9.03. The van der Waals surface area contributed by atoms with Gasteiger partial charge in [0.05, 0.1) is 41.3 Å². The van der Waals surface area contributed by atoms with Gasteiger partial charge in [0.15, 0.2) is 5.11 Å². The smallest absolute Gasteiger partial charge is 0.417 e. The molecule has 0 spiro atoms. The third-order valence-corrected chi connectivity index (χ3v) is 7.74. The van der Waals surface area contributed by atoms with E-state index in [0.717, 1.165) is 35.7 Å². The molecule has 1 N–H and O–H groups in total. The van der Waals surface area contributed by atoms with Crippen LogP contribution in [0.1, 0.15) is 37.5 Å². The molecule has 14 heteroatoms. The highest BCUT2D eigenvalue weighted by atomic mass is 32.1. The Kier molecular flexibility index (Phi) is 9.05. The maximum absolute atomic E-state index is 13.6. The van der Waals surface area contributed by atoms with Crippen molar-refractivity contribution in [3.8, 4) is 11.9 Å². The number of hydrogen-bond acceptors (Lipinski definition) is 8. The van der Waals surface area contributed by atoms with Crippen molar-refractivity contribution < 1.29 is 32.6 Å². The van der Waals surface area contributed by atoms with Crippen LogP contribution in [-0.2, 0) is 22.2 Å². The summed E-state index contributed by atoms with van der Waals surface area (Å²) in [5, 5.41) is 18.1. The summed E-state index contributed by atoms with van der Waals surface area (Å²) in [6.07, 6.45) is -2.71. The standard InChI is InChI=1S/C28H31F3N6O4S/c1-4-18-13-21(16-33-24(18)41-12-11-34-7-9-35(10-8-34)17-23(38)39)37-26(42)36(25(40)27(37,2)3)20-6-5-19(15-32)22(14-20)28(29,30)31/h5-6,13-14,16H,4,7-12,17H2,1-3H3,(H,38,39). The summed E-state index contributed by atoms with van der Waals surface area (Å²) in [4.78, 5) is 35.6. The topological polar surface area (TPSA) is 113 Å². The van der Waals surface area contributed by atoms with E-state index in [1.807, 2.05) is 11.8 Å². The number of ether oxygens (including phenoxy) is 1. The number of carbonyl (C=O) groups excluding carboxylic acids is 1. The molecule has 0 bridgehead atoms. The van der Waals surface area contributed by atoms with E-state index in [1.54, 1.807) is 30.9 Å². The molecule has 2 aromatic rings. The first-order valence-corrected chi connectivity index (χ1v) is 13.8. The van der Waals surface area contributed by atoms with Crippen LogP contribution in [-0.4, -0.2) is 88.3 Å². The maximum Gasteiger partial charge on any atom is 0.417 e. The molecule has 4 rings (SSSR count). The number of nitriles is 1.